The lowest BCUT2D eigenvalue weighted by Crippen LogP contribution is -2.50. The minimum atomic E-state index is -1.47. The van der Waals surface area contributed by atoms with Gasteiger partial charge in [-0.3, -0.25) is 14.5 Å². The number of hydrogen-bond donors (Lipinski definition) is 1. The molecule has 3 aliphatic rings. The molecule has 1 N–H and O–H groups in total. The molecule has 0 saturated carbocycles. The van der Waals surface area contributed by atoms with Crippen LogP contribution in [0.3, 0.4) is 0 Å². The molecule has 310 valence electrons. The molecular formula is C43H57B3F2N2O8. The van der Waals surface area contributed by atoms with Gasteiger partial charge in [-0.05, 0) is 151 Å². The van der Waals surface area contributed by atoms with Crippen LogP contribution in [0.25, 0.3) is 0 Å². The summed E-state index contributed by atoms with van der Waals surface area (Å²) in [5.41, 5.74) is -3.53. The molecule has 2 amide bonds. The van der Waals surface area contributed by atoms with Crippen molar-refractivity contribution in [2.75, 3.05) is 4.90 Å². The maximum absolute atomic E-state index is 16.4. The number of nitrogens with one attached hydrogen (secondary N) is 1. The van der Waals surface area contributed by atoms with Crippen LogP contribution in [0, 0.1) is 11.6 Å². The van der Waals surface area contributed by atoms with Crippen LogP contribution in [0.5, 0.6) is 0 Å². The average molecular weight is 800 g/mol. The smallest absolute Gasteiger partial charge is 0.399 e. The van der Waals surface area contributed by atoms with Gasteiger partial charge in [0.1, 0.15) is 17.7 Å². The van der Waals surface area contributed by atoms with Gasteiger partial charge in [-0.15, -0.1) is 0 Å². The monoisotopic (exact) mass is 800 g/mol. The lowest BCUT2D eigenvalue weighted by molar-refractivity contribution is -0.123. The van der Waals surface area contributed by atoms with E-state index in [2.05, 4.69) is 5.32 Å². The molecular weight excluding hydrogens is 743 g/mol. The van der Waals surface area contributed by atoms with Crippen molar-refractivity contribution < 1.29 is 46.3 Å². The van der Waals surface area contributed by atoms with Gasteiger partial charge in [0.15, 0.2) is 0 Å². The Kier molecular flexibility index (Phi) is 11.0. The SMILES string of the molecule is CC(C)(C)NC(=O)C(c1ccc(B2OC(C)(C)C(C)(C)O2)c(F)c1)N(C(=O)c1ccc(B2OC(C)(C)C(C)(C)O2)cc1F)c1ccc(B2OC(C)(C)C(C)(C)O2)cc1. The highest BCUT2D eigenvalue weighted by molar-refractivity contribution is 6.63. The normalized spacial score (nSPS) is 21.9. The number of rotatable bonds is 8. The lowest BCUT2D eigenvalue weighted by Gasteiger charge is -2.34. The van der Waals surface area contributed by atoms with Crippen molar-refractivity contribution in [1.82, 2.24) is 5.32 Å². The van der Waals surface area contributed by atoms with Crippen LogP contribution in [0.4, 0.5) is 14.5 Å². The van der Waals surface area contributed by atoms with E-state index in [4.69, 9.17) is 27.9 Å². The van der Waals surface area contributed by atoms with E-state index < -0.39 is 90.0 Å². The van der Waals surface area contributed by atoms with Crippen LogP contribution in [-0.2, 0) is 32.7 Å². The lowest BCUT2D eigenvalue weighted by atomic mass is 9.77. The van der Waals surface area contributed by atoms with E-state index in [1.165, 1.54) is 29.2 Å². The fourth-order valence-corrected chi connectivity index (χ4v) is 6.85. The van der Waals surface area contributed by atoms with E-state index >= 15 is 8.78 Å². The van der Waals surface area contributed by atoms with Crippen LogP contribution >= 0.6 is 0 Å². The van der Waals surface area contributed by atoms with Crippen LogP contribution < -0.4 is 26.6 Å². The molecule has 1 unspecified atom stereocenters. The second-order valence-corrected chi connectivity index (χ2v) is 19.7. The van der Waals surface area contributed by atoms with Crippen LogP contribution in [-0.4, -0.2) is 72.3 Å². The van der Waals surface area contributed by atoms with Gasteiger partial charge in [0, 0.05) is 16.7 Å². The van der Waals surface area contributed by atoms with Gasteiger partial charge in [-0.2, -0.15) is 0 Å². The van der Waals surface area contributed by atoms with Gasteiger partial charge in [-0.1, -0.05) is 30.3 Å². The first-order valence-corrected chi connectivity index (χ1v) is 19.9. The summed E-state index contributed by atoms with van der Waals surface area (Å²) < 4.78 is 69.9. The molecule has 3 aliphatic heterocycles. The molecule has 3 aromatic rings. The summed E-state index contributed by atoms with van der Waals surface area (Å²) in [7, 11) is -2.60. The molecule has 3 saturated heterocycles. The Morgan fingerprint density at radius 1 is 0.586 bits per heavy atom. The van der Waals surface area contributed by atoms with E-state index in [9.17, 15) is 9.59 Å². The molecule has 1 atom stereocenters. The van der Waals surface area contributed by atoms with Gasteiger partial charge in [0.2, 0.25) is 5.91 Å². The number of nitrogens with zero attached hydrogens (tertiary/aromatic N) is 1. The van der Waals surface area contributed by atoms with Crippen LogP contribution in [0.15, 0.2) is 60.7 Å². The van der Waals surface area contributed by atoms with Crippen molar-refractivity contribution in [2.45, 2.75) is 149 Å². The number of halogens is 2. The Hall–Kier alpha value is -3.59. The summed E-state index contributed by atoms with van der Waals surface area (Å²) in [5.74, 6) is -3.02. The number of benzene rings is 3. The zero-order valence-corrected chi connectivity index (χ0v) is 36.6. The number of carbonyl (C=O) groups excluding carboxylic acids is 2. The summed E-state index contributed by atoms with van der Waals surface area (Å²) in [6.45, 7) is 28.2. The van der Waals surface area contributed by atoms with Gasteiger partial charge < -0.3 is 33.2 Å². The van der Waals surface area contributed by atoms with Crippen LogP contribution in [0.1, 0.15) is 126 Å². The van der Waals surface area contributed by atoms with Crippen molar-refractivity contribution in [3.63, 3.8) is 0 Å². The van der Waals surface area contributed by atoms with E-state index in [1.807, 2.05) is 83.1 Å². The predicted molar refractivity (Wildman–Crippen MR) is 224 cm³/mol. The zero-order chi connectivity index (χ0) is 43.2. The highest BCUT2D eigenvalue weighted by atomic mass is 19.1. The van der Waals surface area contributed by atoms with E-state index in [-0.39, 0.29) is 22.3 Å². The molecule has 0 radical (unpaired) electrons. The summed E-state index contributed by atoms with van der Waals surface area (Å²) in [6.07, 6.45) is 0. The quantitative estimate of drug-likeness (QED) is 0.270. The first-order chi connectivity index (χ1) is 26.5. The molecule has 6 rings (SSSR count). The fourth-order valence-electron chi connectivity index (χ4n) is 6.85. The first-order valence-electron chi connectivity index (χ1n) is 19.9. The summed E-state index contributed by atoms with van der Waals surface area (Å²) in [4.78, 5) is 30.7. The minimum absolute atomic E-state index is 0.131. The molecule has 0 aromatic heterocycles. The van der Waals surface area contributed by atoms with Gasteiger partial charge in [0.25, 0.3) is 5.91 Å². The molecule has 10 nitrogen and oxygen atoms in total. The molecule has 0 spiro atoms. The number of carbonyl (C=O) groups is 2. The van der Waals surface area contributed by atoms with Gasteiger partial charge >= 0.3 is 21.4 Å². The van der Waals surface area contributed by atoms with E-state index in [0.717, 1.165) is 0 Å². The van der Waals surface area contributed by atoms with Crippen molar-refractivity contribution in [2.24, 2.45) is 0 Å². The minimum Gasteiger partial charge on any atom is -0.399 e. The first kappa shape index (κ1) is 44.0. The van der Waals surface area contributed by atoms with E-state index in [0.29, 0.717) is 10.9 Å². The zero-order valence-electron chi connectivity index (χ0n) is 36.6. The Bertz CT molecular complexity index is 2040. The highest BCUT2D eigenvalue weighted by Crippen LogP contribution is 2.40. The molecule has 3 aromatic carbocycles. The third kappa shape index (κ3) is 8.15. The molecule has 0 bridgehead atoms. The average Bonchev–Trinajstić information content (AvgIpc) is 3.54. The Labute approximate surface area is 343 Å². The molecule has 15 heteroatoms. The standard InChI is InChI=1S/C43H57B3F2N2O8/c1-37(2,3)49-35(51)34(26-16-23-31(33(48)24-26)46-57-42(12,13)43(14,15)58-46)50(29-20-17-27(18-21-29)44-53-38(4,5)39(6,7)54-44)36(52)30-22-19-28(25-32(30)47)45-55-40(8,9)41(10,11)56-45/h16-25,34H,1-15H3,(H,49,51). The van der Waals surface area contributed by atoms with Crippen molar-refractivity contribution in [1.29, 1.82) is 0 Å². The number of hydrogen-bond acceptors (Lipinski definition) is 8. The second kappa shape index (κ2) is 14.6. The Morgan fingerprint density at radius 2 is 1.02 bits per heavy atom. The topological polar surface area (TPSA) is 105 Å². The van der Waals surface area contributed by atoms with Crippen molar-refractivity contribution in [3.05, 3.63) is 83.4 Å². The van der Waals surface area contributed by atoms with Gasteiger partial charge in [-0.25, -0.2) is 8.78 Å². The largest absolute Gasteiger partial charge is 0.497 e. The molecule has 3 fully saturated rings. The Morgan fingerprint density at radius 3 is 1.45 bits per heavy atom. The maximum Gasteiger partial charge on any atom is 0.497 e. The Balaban J connectivity index is 1.45. The highest BCUT2D eigenvalue weighted by Gasteiger charge is 2.54. The third-order valence-electron chi connectivity index (χ3n) is 12.5. The molecule has 3 heterocycles. The van der Waals surface area contributed by atoms with E-state index in [1.54, 1.807) is 57.2 Å². The summed E-state index contributed by atoms with van der Waals surface area (Å²) in [5, 5.41) is 2.96. The van der Waals surface area contributed by atoms with Crippen molar-refractivity contribution >= 4 is 55.2 Å². The maximum atomic E-state index is 16.4. The predicted octanol–water partition coefficient (Wildman–Crippen LogP) is 6.17. The third-order valence-corrected chi connectivity index (χ3v) is 12.5. The summed E-state index contributed by atoms with van der Waals surface area (Å²) in [6, 6.07) is 13.7. The number of amides is 2. The molecule has 58 heavy (non-hydrogen) atoms. The number of anilines is 1. The fraction of sp³-hybridized carbons (Fsp3) is 0.535. The second-order valence-electron chi connectivity index (χ2n) is 19.7. The molecule has 0 aliphatic carbocycles. The van der Waals surface area contributed by atoms with Crippen LogP contribution in [0.2, 0.25) is 0 Å². The summed E-state index contributed by atoms with van der Waals surface area (Å²) >= 11 is 0. The van der Waals surface area contributed by atoms with Gasteiger partial charge in [0.05, 0.1) is 39.2 Å². The van der Waals surface area contributed by atoms with Crippen molar-refractivity contribution in [3.8, 4) is 0 Å².